The second-order valence-electron chi connectivity index (χ2n) is 12.4. The van der Waals surface area contributed by atoms with Gasteiger partial charge in [-0.15, -0.1) is 0 Å². The second-order valence-corrected chi connectivity index (χ2v) is 12.4. The fourth-order valence-corrected chi connectivity index (χ4v) is 6.94. The van der Waals surface area contributed by atoms with E-state index in [1.54, 1.807) is 0 Å². The number of benzene rings is 7. The number of aromatic nitrogens is 3. The number of para-hydroxylation sites is 2. The first kappa shape index (κ1) is 28.2. The standard InChI is InChI=1S/C45H27N3O2/c1-3-11-28(12-4-1)29-21-23-31(24-22-29)44-46-43(30-13-5-2-6-14-30)47-45(48-44)37-18-10-20-39-41(37)36-17-9-16-33(42(36)50-39)32-25-26-35-34-15-7-8-19-38(34)49-40(35)27-32/h1-27H. The Morgan fingerprint density at radius 2 is 0.860 bits per heavy atom. The van der Waals surface area contributed by atoms with Gasteiger partial charge in [0.2, 0.25) is 0 Å². The summed E-state index contributed by atoms with van der Waals surface area (Å²) < 4.78 is 12.9. The molecule has 0 radical (unpaired) electrons. The summed E-state index contributed by atoms with van der Waals surface area (Å²) in [6.45, 7) is 0. The van der Waals surface area contributed by atoms with E-state index in [-0.39, 0.29) is 0 Å². The summed E-state index contributed by atoms with van der Waals surface area (Å²) >= 11 is 0. The Hall–Kier alpha value is -6.85. The molecule has 0 saturated heterocycles. The molecule has 5 heteroatoms. The van der Waals surface area contributed by atoms with Crippen LogP contribution in [0.25, 0.3) is 100 Å². The fraction of sp³-hybridized carbons (Fsp3) is 0. The number of rotatable bonds is 5. The van der Waals surface area contributed by atoms with Crippen LogP contribution in [0, 0.1) is 0 Å². The Labute approximate surface area is 287 Å². The summed E-state index contributed by atoms with van der Waals surface area (Å²) in [4.78, 5) is 15.1. The molecule has 0 fully saturated rings. The Kier molecular flexibility index (Phi) is 6.42. The molecule has 0 atom stereocenters. The lowest BCUT2D eigenvalue weighted by Gasteiger charge is -2.10. The van der Waals surface area contributed by atoms with Gasteiger partial charge in [0, 0.05) is 43.8 Å². The molecule has 0 N–H and O–H groups in total. The van der Waals surface area contributed by atoms with Crippen LogP contribution in [0.15, 0.2) is 173 Å². The number of fused-ring (bicyclic) bond motifs is 6. The van der Waals surface area contributed by atoms with Gasteiger partial charge in [-0.3, -0.25) is 0 Å². The average molecular weight is 642 g/mol. The van der Waals surface area contributed by atoms with Crippen LogP contribution in [0.1, 0.15) is 0 Å². The minimum atomic E-state index is 0.586. The predicted molar refractivity (Wildman–Crippen MR) is 202 cm³/mol. The van der Waals surface area contributed by atoms with Crippen molar-refractivity contribution in [3.05, 3.63) is 164 Å². The zero-order chi connectivity index (χ0) is 33.0. The predicted octanol–water partition coefficient (Wildman–Crippen LogP) is 12.0. The highest BCUT2D eigenvalue weighted by molar-refractivity contribution is 6.15. The lowest BCUT2D eigenvalue weighted by Crippen LogP contribution is -2.00. The highest BCUT2D eigenvalue weighted by atomic mass is 16.3. The Morgan fingerprint density at radius 3 is 1.66 bits per heavy atom. The van der Waals surface area contributed by atoms with Crippen LogP contribution < -0.4 is 0 Å². The van der Waals surface area contributed by atoms with E-state index in [0.717, 1.165) is 82.8 Å². The molecule has 0 unspecified atom stereocenters. The maximum Gasteiger partial charge on any atom is 0.164 e. The topological polar surface area (TPSA) is 65.0 Å². The molecule has 0 aliphatic carbocycles. The Bertz CT molecular complexity index is 2850. The van der Waals surface area contributed by atoms with Gasteiger partial charge in [0.1, 0.15) is 22.3 Å². The minimum absolute atomic E-state index is 0.586. The smallest absolute Gasteiger partial charge is 0.164 e. The monoisotopic (exact) mass is 641 g/mol. The van der Waals surface area contributed by atoms with E-state index >= 15 is 0 Å². The van der Waals surface area contributed by atoms with Crippen molar-refractivity contribution in [1.29, 1.82) is 0 Å². The van der Waals surface area contributed by atoms with Gasteiger partial charge in [-0.2, -0.15) is 0 Å². The van der Waals surface area contributed by atoms with Crippen molar-refractivity contribution in [3.63, 3.8) is 0 Å². The molecule has 0 aliphatic heterocycles. The first-order valence-corrected chi connectivity index (χ1v) is 16.6. The third-order valence-corrected chi connectivity index (χ3v) is 9.37. The molecule has 7 aromatic carbocycles. The van der Waals surface area contributed by atoms with E-state index in [9.17, 15) is 0 Å². The molecule has 0 amide bonds. The molecular formula is C45H27N3O2. The molecule has 3 heterocycles. The lowest BCUT2D eigenvalue weighted by atomic mass is 9.99. The summed E-state index contributed by atoms with van der Waals surface area (Å²) in [5.41, 5.74) is 10.3. The van der Waals surface area contributed by atoms with Gasteiger partial charge in [-0.25, -0.2) is 15.0 Å². The molecule has 0 aliphatic rings. The van der Waals surface area contributed by atoms with Crippen LogP contribution in [0.3, 0.4) is 0 Å². The highest BCUT2D eigenvalue weighted by Crippen LogP contribution is 2.41. The second kappa shape index (κ2) is 11.4. The molecule has 3 aromatic heterocycles. The average Bonchev–Trinajstić information content (AvgIpc) is 3.77. The van der Waals surface area contributed by atoms with Crippen LogP contribution in [0.2, 0.25) is 0 Å². The molecule has 0 bridgehead atoms. The van der Waals surface area contributed by atoms with Crippen molar-refractivity contribution in [1.82, 2.24) is 15.0 Å². The third-order valence-electron chi connectivity index (χ3n) is 9.37. The van der Waals surface area contributed by atoms with Gasteiger partial charge in [-0.05, 0) is 41.0 Å². The number of hydrogen-bond donors (Lipinski definition) is 0. The van der Waals surface area contributed by atoms with Crippen LogP contribution in [0.5, 0.6) is 0 Å². The zero-order valence-electron chi connectivity index (χ0n) is 26.7. The van der Waals surface area contributed by atoms with Gasteiger partial charge >= 0.3 is 0 Å². The molecule has 10 rings (SSSR count). The van der Waals surface area contributed by atoms with Gasteiger partial charge < -0.3 is 8.83 Å². The lowest BCUT2D eigenvalue weighted by molar-refractivity contribution is 0.668. The Balaban J connectivity index is 1.14. The van der Waals surface area contributed by atoms with E-state index in [1.807, 2.05) is 66.7 Å². The molecule has 234 valence electrons. The van der Waals surface area contributed by atoms with Crippen molar-refractivity contribution in [3.8, 4) is 56.4 Å². The van der Waals surface area contributed by atoms with E-state index in [2.05, 4.69) is 97.1 Å². The minimum Gasteiger partial charge on any atom is -0.456 e. The maximum atomic E-state index is 6.65. The quantitative estimate of drug-likeness (QED) is 0.187. The van der Waals surface area contributed by atoms with E-state index in [0.29, 0.717) is 17.5 Å². The number of nitrogens with zero attached hydrogens (tertiary/aromatic N) is 3. The molecule has 10 aromatic rings. The normalized spacial score (nSPS) is 11.6. The van der Waals surface area contributed by atoms with Crippen LogP contribution >= 0.6 is 0 Å². The van der Waals surface area contributed by atoms with Crippen molar-refractivity contribution in [2.24, 2.45) is 0 Å². The van der Waals surface area contributed by atoms with Crippen LogP contribution in [-0.2, 0) is 0 Å². The van der Waals surface area contributed by atoms with E-state index in [4.69, 9.17) is 23.8 Å². The maximum absolute atomic E-state index is 6.65. The Morgan fingerprint density at radius 1 is 0.320 bits per heavy atom. The fourth-order valence-electron chi connectivity index (χ4n) is 6.94. The van der Waals surface area contributed by atoms with E-state index in [1.165, 1.54) is 0 Å². The molecule has 0 saturated carbocycles. The van der Waals surface area contributed by atoms with Gasteiger partial charge in [0.05, 0.1) is 0 Å². The summed E-state index contributed by atoms with van der Waals surface area (Å²) in [5, 5.41) is 4.16. The zero-order valence-corrected chi connectivity index (χ0v) is 26.7. The SMILES string of the molecule is c1ccc(-c2ccc(-c3nc(-c4ccccc4)nc(-c4cccc5oc6c(-c7ccc8c(c7)oc7ccccc78)cccc6c45)n3)cc2)cc1. The van der Waals surface area contributed by atoms with Crippen LogP contribution in [-0.4, -0.2) is 15.0 Å². The van der Waals surface area contributed by atoms with Crippen molar-refractivity contribution < 1.29 is 8.83 Å². The van der Waals surface area contributed by atoms with Gasteiger partial charge in [0.25, 0.3) is 0 Å². The summed E-state index contributed by atoms with van der Waals surface area (Å²) in [6, 6.07) is 55.7. The first-order valence-electron chi connectivity index (χ1n) is 16.6. The van der Waals surface area contributed by atoms with Gasteiger partial charge in [-0.1, -0.05) is 140 Å². The first-order chi connectivity index (χ1) is 24.8. The molecule has 5 nitrogen and oxygen atoms in total. The summed E-state index contributed by atoms with van der Waals surface area (Å²) in [6.07, 6.45) is 0. The van der Waals surface area contributed by atoms with Crippen molar-refractivity contribution in [2.45, 2.75) is 0 Å². The van der Waals surface area contributed by atoms with Crippen LogP contribution in [0.4, 0.5) is 0 Å². The highest BCUT2D eigenvalue weighted by Gasteiger charge is 2.20. The number of hydrogen-bond acceptors (Lipinski definition) is 5. The van der Waals surface area contributed by atoms with Crippen molar-refractivity contribution in [2.75, 3.05) is 0 Å². The summed E-state index contributed by atoms with van der Waals surface area (Å²) in [7, 11) is 0. The van der Waals surface area contributed by atoms with E-state index < -0.39 is 0 Å². The largest absolute Gasteiger partial charge is 0.456 e. The summed E-state index contributed by atoms with van der Waals surface area (Å²) in [5.74, 6) is 1.81. The molecule has 0 spiro atoms. The third kappa shape index (κ3) is 4.67. The molecule has 50 heavy (non-hydrogen) atoms. The van der Waals surface area contributed by atoms with Crippen molar-refractivity contribution >= 4 is 43.9 Å². The number of furan rings is 2. The molecular weight excluding hydrogens is 615 g/mol. The van der Waals surface area contributed by atoms with Gasteiger partial charge in [0.15, 0.2) is 17.5 Å².